The zero-order valence-corrected chi connectivity index (χ0v) is 11.7. The van der Waals surface area contributed by atoms with Crippen molar-refractivity contribution in [2.75, 3.05) is 20.2 Å². The highest BCUT2D eigenvalue weighted by atomic mass is 16.5. The third kappa shape index (κ3) is 3.57. The minimum Gasteiger partial charge on any atom is -0.465 e. The number of benzene rings is 1. The molecule has 0 aliphatic carbocycles. The number of amides is 1. The fourth-order valence-corrected chi connectivity index (χ4v) is 2.65. The van der Waals surface area contributed by atoms with Gasteiger partial charge in [-0.3, -0.25) is 4.79 Å². The normalized spacial score (nSPS) is 22.2. The maximum atomic E-state index is 11.3. The summed E-state index contributed by atoms with van der Waals surface area (Å²) in [7, 11) is 1.38. The van der Waals surface area contributed by atoms with Gasteiger partial charge in [0.2, 0.25) is 5.91 Å². The van der Waals surface area contributed by atoms with Crippen LogP contribution in [0.5, 0.6) is 0 Å². The van der Waals surface area contributed by atoms with E-state index >= 15 is 0 Å². The van der Waals surface area contributed by atoms with E-state index in [0.29, 0.717) is 5.56 Å². The zero-order valence-electron chi connectivity index (χ0n) is 11.7. The second kappa shape index (κ2) is 6.52. The Balaban J connectivity index is 1.88. The van der Waals surface area contributed by atoms with E-state index in [2.05, 4.69) is 4.74 Å². The predicted molar refractivity (Wildman–Crippen MR) is 74.1 cm³/mol. The van der Waals surface area contributed by atoms with Gasteiger partial charge in [0.15, 0.2) is 0 Å². The fourth-order valence-electron chi connectivity index (χ4n) is 2.65. The summed E-state index contributed by atoms with van der Waals surface area (Å²) < 4.78 is 4.67. The summed E-state index contributed by atoms with van der Waals surface area (Å²) in [4.78, 5) is 23.9. The number of rotatable bonds is 4. The van der Waals surface area contributed by atoms with Gasteiger partial charge >= 0.3 is 5.97 Å². The number of primary amides is 1. The maximum absolute atomic E-state index is 11.3. The standard InChI is InChI=1S/C15H20N2O3/c1-20-15(19)13-4-2-11(3-5-13)10-17-8-6-12(7-9-17)14(16)18/h2-5,12H,6-10H2,1H3,(H2,16,18)/p+1. The Morgan fingerprint density at radius 2 is 1.85 bits per heavy atom. The first-order chi connectivity index (χ1) is 9.60. The van der Waals surface area contributed by atoms with Crippen LogP contribution in [0.1, 0.15) is 28.8 Å². The van der Waals surface area contributed by atoms with Crippen LogP contribution in [0.2, 0.25) is 0 Å². The number of esters is 1. The largest absolute Gasteiger partial charge is 0.465 e. The molecule has 1 aliphatic rings. The molecule has 20 heavy (non-hydrogen) atoms. The van der Waals surface area contributed by atoms with Crippen LogP contribution in [0.25, 0.3) is 0 Å². The molecule has 5 heteroatoms. The molecule has 0 saturated carbocycles. The van der Waals surface area contributed by atoms with E-state index in [0.717, 1.165) is 32.5 Å². The van der Waals surface area contributed by atoms with Crippen LogP contribution in [0, 0.1) is 5.92 Å². The third-order valence-corrected chi connectivity index (χ3v) is 3.92. The third-order valence-electron chi connectivity index (χ3n) is 3.92. The number of carbonyl (C=O) groups is 2. The maximum Gasteiger partial charge on any atom is 0.337 e. The molecule has 1 aliphatic heterocycles. The van der Waals surface area contributed by atoms with Crippen molar-refractivity contribution in [2.45, 2.75) is 19.4 Å². The quantitative estimate of drug-likeness (QED) is 0.746. The average molecular weight is 277 g/mol. The summed E-state index contributed by atoms with van der Waals surface area (Å²) >= 11 is 0. The summed E-state index contributed by atoms with van der Waals surface area (Å²) in [6.45, 7) is 2.84. The smallest absolute Gasteiger partial charge is 0.337 e. The number of methoxy groups -OCH3 is 1. The summed E-state index contributed by atoms with van der Waals surface area (Å²) in [6, 6.07) is 7.49. The van der Waals surface area contributed by atoms with Crippen LogP contribution in [0.15, 0.2) is 24.3 Å². The highest BCUT2D eigenvalue weighted by Crippen LogP contribution is 2.09. The lowest BCUT2D eigenvalue weighted by atomic mass is 9.96. The molecule has 1 aromatic carbocycles. The van der Waals surface area contributed by atoms with Crippen molar-refractivity contribution >= 4 is 11.9 Å². The van der Waals surface area contributed by atoms with Crippen LogP contribution in [-0.4, -0.2) is 32.1 Å². The second-order valence-electron chi connectivity index (χ2n) is 5.29. The van der Waals surface area contributed by atoms with Gasteiger partial charge in [0.25, 0.3) is 0 Å². The molecule has 0 spiro atoms. The Morgan fingerprint density at radius 3 is 2.35 bits per heavy atom. The zero-order chi connectivity index (χ0) is 14.5. The first-order valence-electron chi connectivity index (χ1n) is 6.90. The topological polar surface area (TPSA) is 73.8 Å². The van der Waals surface area contributed by atoms with Crippen LogP contribution in [0.4, 0.5) is 0 Å². The number of hydrogen-bond acceptors (Lipinski definition) is 3. The van der Waals surface area contributed by atoms with E-state index in [9.17, 15) is 9.59 Å². The fraction of sp³-hybridized carbons (Fsp3) is 0.467. The highest BCUT2D eigenvalue weighted by molar-refractivity contribution is 5.89. The van der Waals surface area contributed by atoms with Gasteiger partial charge in [0, 0.05) is 24.3 Å². The molecule has 1 amide bonds. The Labute approximate surface area is 118 Å². The summed E-state index contributed by atoms with van der Waals surface area (Å²) in [5.74, 6) is -0.446. The molecule has 0 bridgehead atoms. The minimum atomic E-state index is -0.314. The van der Waals surface area contributed by atoms with Crippen molar-refractivity contribution in [3.8, 4) is 0 Å². The van der Waals surface area contributed by atoms with Crippen molar-refractivity contribution in [1.29, 1.82) is 0 Å². The Morgan fingerprint density at radius 1 is 1.25 bits per heavy atom. The van der Waals surface area contributed by atoms with Gasteiger partial charge in [-0.05, 0) is 12.1 Å². The minimum absolute atomic E-state index is 0.0421. The Kier molecular flexibility index (Phi) is 4.74. The second-order valence-corrected chi connectivity index (χ2v) is 5.29. The number of ether oxygens (including phenoxy) is 1. The Hall–Kier alpha value is -1.88. The van der Waals surface area contributed by atoms with Crippen molar-refractivity contribution in [3.63, 3.8) is 0 Å². The predicted octanol–water partition coefficient (Wildman–Crippen LogP) is -0.247. The van der Waals surface area contributed by atoms with E-state index in [1.807, 2.05) is 12.1 Å². The molecular formula is C15H21N2O3+. The monoisotopic (exact) mass is 277 g/mol. The lowest BCUT2D eigenvalue weighted by molar-refractivity contribution is -0.919. The molecule has 1 heterocycles. The number of nitrogens with one attached hydrogen (secondary N) is 1. The van der Waals surface area contributed by atoms with Crippen LogP contribution in [-0.2, 0) is 16.1 Å². The number of piperidine rings is 1. The molecule has 3 N–H and O–H groups in total. The van der Waals surface area contributed by atoms with E-state index in [1.165, 1.54) is 17.6 Å². The molecule has 2 rings (SSSR count). The number of carbonyl (C=O) groups excluding carboxylic acids is 2. The molecule has 1 saturated heterocycles. The van der Waals surface area contributed by atoms with Gasteiger partial charge in [-0.1, -0.05) is 12.1 Å². The van der Waals surface area contributed by atoms with Crippen molar-refractivity contribution in [3.05, 3.63) is 35.4 Å². The van der Waals surface area contributed by atoms with E-state index in [-0.39, 0.29) is 17.8 Å². The molecule has 0 unspecified atom stereocenters. The molecule has 0 radical (unpaired) electrons. The average Bonchev–Trinajstić information content (AvgIpc) is 2.48. The van der Waals surface area contributed by atoms with Gasteiger partial charge in [0.05, 0.1) is 25.8 Å². The highest BCUT2D eigenvalue weighted by Gasteiger charge is 2.25. The molecule has 5 nitrogen and oxygen atoms in total. The summed E-state index contributed by atoms with van der Waals surface area (Å²) in [5, 5.41) is 0. The SMILES string of the molecule is COC(=O)c1ccc(C[NH+]2CCC(C(N)=O)CC2)cc1. The van der Waals surface area contributed by atoms with Crippen molar-refractivity contribution in [2.24, 2.45) is 11.7 Å². The van der Waals surface area contributed by atoms with E-state index < -0.39 is 0 Å². The number of likely N-dealkylation sites (tertiary alicyclic amines) is 1. The molecular weight excluding hydrogens is 256 g/mol. The Bertz CT molecular complexity index is 476. The molecule has 0 aromatic heterocycles. The van der Waals surface area contributed by atoms with Crippen LogP contribution in [0.3, 0.4) is 0 Å². The van der Waals surface area contributed by atoms with Gasteiger partial charge in [-0.15, -0.1) is 0 Å². The summed E-state index contributed by atoms with van der Waals surface area (Å²) in [5.41, 5.74) is 7.08. The molecule has 1 fully saturated rings. The van der Waals surface area contributed by atoms with Crippen molar-refractivity contribution in [1.82, 2.24) is 0 Å². The molecule has 1 aromatic rings. The molecule has 108 valence electrons. The van der Waals surface area contributed by atoms with Gasteiger partial charge < -0.3 is 15.4 Å². The first kappa shape index (κ1) is 14.5. The number of quaternary nitrogens is 1. The van der Waals surface area contributed by atoms with Crippen LogP contribution >= 0.6 is 0 Å². The van der Waals surface area contributed by atoms with Gasteiger partial charge in [0.1, 0.15) is 6.54 Å². The van der Waals surface area contributed by atoms with E-state index in [4.69, 9.17) is 5.73 Å². The van der Waals surface area contributed by atoms with Gasteiger partial charge in [-0.25, -0.2) is 4.79 Å². The molecule has 0 atom stereocenters. The first-order valence-corrected chi connectivity index (χ1v) is 6.90. The number of nitrogens with two attached hydrogens (primary N) is 1. The van der Waals surface area contributed by atoms with Crippen molar-refractivity contribution < 1.29 is 19.2 Å². The lowest BCUT2D eigenvalue weighted by Gasteiger charge is -2.27. The number of hydrogen-bond donors (Lipinski definition) is 2. The van der Waals surface area contributed by atoms with Gasteiger partial charge in [-0.2, -0.15) is 0 Å². The lowest BCUT2D eigenvalue weighted by Crippen LogP contribution is -3.11. The van der Waals surface area contributed by atoms with Crippen LogP contribution < -0.4 is 10.6 Å². The summed E-state index contributed by atoms with van der Waals surface area (Å²) in [6.07, 6.45) is 1.73. The van der Waals surface area contributed by atoms with E-state index in [1.54, 1.807) is 12.1 Å².